The summed E-state index contributed by atoms with van der Waals surface area (Å²) in [6.45, 7) is 0. The van der Waals surface area contributed by atoms with E-state index >= 15 is 0 Å². The van der Waals surface area contributed by atoms with Crippen LogP contribution in [0.25, 0.3) is 88.8 Å². The molecule has 0 saturated heterocycles. The molecule has 0 bridgehead atoms. The van der Waals surface area contributed by atoms with Crippen LogP contribution in [-0.2, 0) is 0 Å². The van der Waals surface area contributed by atoms with Crippen LogP contribution >= 0.6 is 0 Å². The maximum atomic E-state index is 5.25. The number of rotatable bonds is 5. The highest BCUT2D eigenvalue weighted by atomic mass is 15.0. The third-order valence-corrected chi connectivity index (χ3v) is 9.75. The fourth-order valence-electron chi connectivity index (χ4n) is 7.42. The van der Waals surface area contributed by atoms with E-state index in [0.29, 0.717) is 5.82 Å². The van der Waals surface area contributed by atoms with Gasteiger partial charge in [-0.2, -0.15) is 0 Å². The van der Waals surface area contributed by atoms with Crippen LogP contribution in [0, 0.1) is 0 Å². The number of para-hydroxylation sites is 3. The summed E-state index contributed by atoms with van der Waals surface area (Å²) in [4.78, 5) is 10.3. The zero-order chi connectivity index (χ0) is 33.0. The summed E-state index contributed by atoms with van der Waals surface area (Å²) in [6, 6.07) is 62.1. The molecule has 4 heteroatoms. The quantitative estimate of drug-likeness (QED) is 0.188. The molecule has 50 heavy (non-hydrogen) atoms. The van der Waals surface area contributed by atoms with E-state index < -0.39 is 0 Å². The summed E-state index contributed by atoms with van der Waals surface area (Å²) in [6.07, 6.45) is 2.18. The molecule has 0 atom stereocenters. The lowest BCUT2D eigenvalue weighted by molar-refractivity contribution is 1.13. The smallest absolute Gasteiger partial charge is 0.160 e. The number of benzene rings is 7. The van der Waals surface area contributed by atoms with Gasteiger partial charge in [0.1, 0.15) is 0 Å². The summed E-state index contributed by atoms with van der Waals surface area (Å²) < 4.78 is 4.68. The maximum Gasteiger partial charge on any atom is 0.160 e. The Morgan fingerprint density at radius 1 is 0.420 bits per heavy atom. The predicted molar refractivity (Wildman–Crippen MR) is 207 cm³/mol. The lowest BCUT2D eigenvalue weighted by atomic mass is 10.0. The van der Waals surface area contributed by atoms with Crippen molar-refractivity contribution in [2.24, 2.45) is 0 Å². The Kier molecular flexibility index (Phi) is 6.46. The second-order valence-corrected chi connectivity index (χ2v) is 12.7. The van der Waals surface area contributed by atoms with Gasteiger partial charge in [0.25, 0.3) is 0 Å². The minimum Gasteiger partial charge on any atom is -0.316 e. The predicted octanol–water partition coefficient (Wildman–Crippen LogP) is 11.7. The van der Waals surface area contributed by atoms with Crippen LogP contribution in [0.3, 0.4) is 0 Å². The lowest BCUT2D eigenvalue weighted by Gasteiger charge is -2.12. The van der Waals surface area contributed by atoms with Crippen LogP contribution in [-0.4, -0.2) is 19.1 Å². The first-order chi connectivity index (χ1) is 24.8. The zero-order valence-electron chi connectivity index (χ0n) is 27.1. The third kappa shape index (κ3) is 4.54. The van der Waals surface area contributed by atoms with Crippen molar-refractivity contribution >= 4 is 43.6 Å². The Morgan fingerprint density at radius 2 is 1.08 bits per heavy atom. The Hall–Kier alpha value is -6.78. The number of hydrogen-bond acceptors (Lipinski definition) is 2. The highest BCUT2D eigenvalue weighted by molar-refractivity contribution is 6.20. The molecule has 0 unspecified atom stereocenters. The van der Waals surface area contributed by atoms with Gasteiger partial charge in [-0.3, -0.25) is 0 Å². The van der Waals surface area contributed by atoms with E-state index in [1.165, 1.54) is 32.8 Å². The van der Waals surface area contributed by atoms with E-state index in [4.69, 9.17) is 9.97 Å². The van der Waals surface area contributed by atoms with Gasteiger partial charge in [0, 0.05) is 50.2 Å². The van der Waals surface area contributed by atoms with E-state index in [9.17, 15) is 0 Å². The third-order valence-electron chi connectivity index (χ3n) is 9.75. The van der Waals surface area contributed by atoms with Crippen LogP contribution in [0.15, 0.2) is 182 Å². The Labute approximate surface area is 289 Å². The summed E-state index contributed by atoms with van der Waals surface area (Å²) in [7, 11) is 0. The SMILES string of the molecule is c1ccc(-c2ccc(-c3nc(-c4cccc(-n5c6ccccc6c6c7c(ccc65)ccn7-c5ccccc5)c4)nc4ccccc34)cc2)cc1. The van der Waals surface area contributed by atoms with E-state index in [0.717, 1.165) is 50.1 Å². The topological polar surface area (TPSA) is 35.6 Å². The second kappa shape index (κ2) is 11.4. The van der Waals surface area contributed by atoms with Crippen LogP contribution in [0.5, 0.6) is 0 Å². The molecule has 0 N–H and O–H groups in total. The number of nitrogens with zero attached hydrogens (tertiary/aromatic N) is 4. The molecular weight excluding hydrogens is 609 g/mol. The number of hydrogen-bond donors (Lipinski definition) is 0. The van der Waals surface area contributed by atoms with E-state index in [1.54, 1.807) is 0 Å². The van der Waals surface area contributed by atoms with E-state index in [-0.39, 0.29) is 0 Å². The Bertz CT molecular complexity index is 2850. The first kappa shape index (κ1) is 28.3. The van der Waals surface area contributed by atoms with Gasteiger partial charge in [0.2, 0.25) is 0 Å². The highest BCUT2D eigenvalue weighted by Crippen LogP contribution is 2.39. The van der Waals surface area contributed by atoms with Crippen LogP contribution in [0.2, 0.25) is 0 Å². The standard InChI is InChI=1S/C46H30N4/c1-3-12-31(13-4-1)32-22-24-33(25-23-32)44-38-18-7-9-20-40(38)47-46(48-44)35-14-11-17-37(30-35)50-41-21-10-8-19-39(41)43-42(50)27-26-34-28-29-49(45(34)43)36-15-5-2-6-16-36/h1-30H. The molecule has 0 aliphatic heterocycles. The summed E-state index contributed by atoms with van der Waals surface area (Å²) in [5, 5.41) is 4.71. The van der Waals surface area contributed by atoms with E-state index in [1.807, 2.05) is 12.1 Å². The molecule has 0 radical (unpaired) electrons. The van der Waals surface area contributed by atoms with Gasteiger partial charge in [-0.05, 0) is 59.7 Å². The fraction of sp³-hybridized carbons (Fsp3) is 0. The molecule has 0 saturated carbocycles. The largest absolute Gasteiger partial charge is 0.316 e. The van der Waals surface area contributed by atoms with Gasteiger partial charge in [0.05, 0.1) is 27.8 Å². The number of aromatic nitrogens is 4. The minimum absolute atomic E-state index is 0.703. The molecule has 234 valence electrons. The molecule has 7 aromatic carbocycles. The monoisotopic (exact) mass is 638 g/mol. The van der Waals surface area contributed by atoms with Crippen molar-refractivity contribution in [2.75, 3.05) is 0 Å². The molecule has 3 heterocycles. The molecule has 0 amide bonds. The number of fused-ring (bicyclic) bond motifs is 6. The molecule has 3 aromatic heterocycles. The van der Waals surface area contributed by atoms with Gasteiger partial charge in [-0.25, -0.2) is 9.97 Å². The Morgan fingerprint density at radius 3 is 1.92 bits per heavy atom. The van der Waals surface area contributed by atoms with Gasteiger partial charge in [-0.1, -0.05) is 127 Å². The van der Waals surface area contributed by atoms with Crippen LogP contribution in [0.1, 0.15) is 0 Å². The van der Waals surface area contributed by atoms with E-state index in [2.05, 4.69) is 179 Å². The van der Waals surface area contributed by atoms with Crippen molar-refractivity contribution in [1.82, 2.24) is 19.1 Å². The molecule has 10 aromatic rings. The molecule has 0 spiro atoms. The van der Waals surface area contributed by atoms with Crippen molar-refractivity contribution in [3.05, 3.63) is 182 Å². The Balaban J connectivity index is 1.14. The van der Waals surface area contributed by atoms with Gasteiger partial charge < -0.3 is 9.13 Å². The zero-order valence-corrected chi connectivity index (χ0v) is 27.1. The molecular formula is C46H30N4. The van der Waals surface area contributed by atoms with Gasteiger partial charge in [-0.15, -0.1) is 0 Å². The van der Waals surface area contributed by atoms with Gasteiger partial charge in [0.15, 0.2) is 5.82 Å². The molecule has 0 aliphatic rings. The van der Waals surface area contributed by atoms with Crippen molar-refractivity contribution in [3.63, 3.8) is 0 Å². The van der Waals surface area contributed by atoms with Crippen molar-refractivity contribution in [3.8, 4) is 45.1 Å². The van der Waals surface area contributed by atoms with Gasteiger partial charge >= 0.3 is 0 Å². The average Bonchev–Trinajstić information content (AvgIpc) is 3.78. The molecule has 4 nitrogen and oxygen atoms in total. The average molecular weight is 639 g/mol. The van der Waals surface area contributed by atoms with Crippen molar-refractivity contribution in [1.29, 1.82) is 0 Å². The molecule has 0 aliphatic carbocycles. The van der Waals surface area contributed by atoms with Crippen molar-refractivity contribution < 1.29 is 0 Å². The fourth-order valence-corrected chi connectivity index (χ4v) is 7.42. The molecule has 0 fully saturated rings. The summed E-state index contributed by atoms with van der Waals surface area (Å²) in [5.74, 6) is 0.703. The maximum absolute atomic E-state index is 5.25. The van der Waals surface area contributed by atoms with Crippen LogP contribution in [0.4, 0.5) is 0 Å². The molecule has 10 rings (SSSR count). The summed E-state index contributed by atoms with van der Waals surface area (Å²) in [5.41, 5.74) is 12.0. The first-order valence-corrected chi connectivity index (χ1v) is 16.9. The highest BCUT2D eigenvalue weighted by Gasteiger charge is 2.18. The van der Waals surface area contributed by atoms with Crippen LogP contribution < -0.4 is 0 Å². The minimum atomic E-state index is 0.703. The summed E-state index contributed by atoms with van der Waals surface area (Å²) >= 11 is 0. The normalized spacial score (nSPS) is 11.6. The first-order valence-electron chi connectivity index (χ1n) is 16.9. The second-order valence-electron chi connectivity index (χ2n) is 12.7. The van der Waals surface area contributed by atoms with Crippen molar-refractivity contribution in [2.45, 2.75) is 0 Å². The lowest BCUT2D eigenvalue weighted by Crippen LogP contribution is -1.98.